The molecule has 0 aliphatic rings. The smallest absolute Gasteiger partial charge is 0.344 e. The van der Waals surface area contributed by atoms with Crippen LogP contribution in [0.25, 0.3) is 11.3 Å². The lowest BCUT2D eigenvalue weighted by Crippen LogP contribution is -2.09. The van der Waals surface area contributed by atoms with Crippen molar-refractivity contribution in [2.75, 3.05) is 6.61 Å². The third kappa shape index (κ3) is 8.95. The van der Waals surface area contributed by atoms with Crippen LogP contribution in [0.15, 0.2) is 73.6 Å². The van der Waals surface area contributed by atoms with Crippen LogP contribution in [0.5, 0.6) is 11.6 Å². The van der Waals surface area contributed by atoms with Gasteiger partial charge in [-0.15, -0.1) is 6.58 Å². The zero-order chi connectivity index (χ0) is 25.6. The molecule has 1 atom stereocenters. The maximum atomic E-state index is 12.5. The van der Waals surface area contributed by atoms with Crippen molar-refractivity contribution < 1.29 is 14.3 Å². The Labute approximate surface area is 215 Å². The van der Waals surface area contributed by atoms with Crippen molar-refractivity contribution in [2.24, 2.45) is 5.92 Å². The molecule has 5 heteroatoms. The summed E-state index contributed by atoms with van der Waals surface area (Å²) in [5.74, 6) is 1.32. The fourth-order valence-electron chi connectivity index (χ4n) is 3.82. The van der Waals surface area contributed by atoms with Gasteiger partial charge in [0.2, 0.25) is 5.88 Å². The molecule has 2 aromatic carbocycles. The fraction of sp³-hybridized carbons (Fsp3) is 0.387. The molecule has 0 bridgehead atoms. The number of aromatic nitrogens is 2. The van der Waals surface area contributed by atoms with Gasteiger partial charge in [0, 0.05) is 5.56 Å². The van der Waals surface area contributed by atoms with E-state index < -0.39 is 5.97 Å². The lowest BCUT2D eigenvalue weighted by molar-refractivity contribution is 0.0727. The first kappa shape index (κ1) is 27.1. The number of allylic oxidation sites excluding steroid dienone is 1. The number of unbranched alkanes of at least 4 members (excludes halogenated alkanes) is 3. The second-order valence-corrected chi connectivity index (χ2v) is 9.24. The number of hydrogen-bond donors (Lipinski definition) is 0. The highest BCUT2D eigenvalue weighted by Gasteiger charge is 2.11. The second kappa shape index (κ2) is 14.8. The van der Waals surface area contributed by atoms with Crippen LogP contribution in [-0.2, 0) is 6.42 Å². The van der Waals surface area contributed by atoms with Gasteiger partial charge in [0.1, 0.15) is 5.75 Å². The minimum atomic E-state index is -0.440. The Morgan fingerprint density at radius 1 is 0.972 bits per heavy atom. The zero-order valence-corrected chi connectivity index (χ0v) is 21.6. The highest BCUT2D eigenvalue weighted by Crippen LogP contribution is 2.22. The third-order valence-electron chi connectivity index (χ3n) is 6.35. The molecule has 1 heterocycles. The van der Waals surface area contributed by atoms with Gasteiger partial charge in [-0.05, 0) is 86.4 Å². The van der Waals surface area contributed by atoms with Crippen LogP contribution in [0.4, 0.5) is 0 Å². The molecule has 1 aromatic heterocycles. The van der Waals surface area contributed by atoms with Gasteiger partial charge in [-0.2, -0.15) is 0 Å². The molecular formula is C31H38N2O3. The minimum absolute atomic E-state index is 0.177. The first-order valence-electron chi connectivity index (χ1n) is 13.1. The van der Waals surface area contributed by atoms with E-state index >= 15 is 0 Å². The van der Waals surface area contributed by atoms with Gasteiger partial charge in [-0.1, -0.05) is 44.9 Å². The van der Waals surface area contributed by atoms with E-state index in [9.17, 15) is 4.79 Å². The molecule has 0 unspecified atom stereocenters. The molecule has 0 saturated heterocycles. The van der Waals surface area contributed by atoms with Crippen LogP contribution in [0.3, 0.4) is 0 Å². The lowest BCUT2D eigenvalue weighted by Gasteiger charge is -2.10. The van der Waals surface area contributed by atoms with Gasteiger partial charge in [-0.3, -0.25) is 0 Å². The molecule has 0 spiro atoms. The van der Waals surface area contributed by atoms with Gasteiger partial charge in [0.15, 0.2) is 0 Å². The van der Waals surface area contributed by atoms with Crippen LogP contribution in [0.2, 0.25) is 0 Å². The Hall–Kier alpha value is -3.47. The number of esters is 1. The van der Waals surface area contributed by atoms with Gasteiger partial charge in [-0.25, -0.2) is 14.8 Å². The van der Waals surface area contributed by atoms with Crippen molar-refractivity contribution in [1.82, 2.24) is 9.97 Å². The second-order valence-electron chi connectivity index (χ2n) is 9.24. The maximum Gasteiger partial charge on any atom is 0.344 e. The molecule has 3 rings (SSSR count). The summed E-state index contributed by atoms with van der Waals surface area (Å²) in [6.07, 6.45) is 14.1. The number of hydrogen-bond acceptors (Lipinski definition) is 5. The van der Waals surface area contributed by atoms with Gasteiger partial charge >= 0.3 is 5.97 Å². The maximum absolute atomic E-state index is 12.5. The van der Waals surface area contributed by atoms with Crippen LogP contribution in [0.1, 0.15) is 74.7 Å². The first-order valence-corrected chi connectivity index (χ1v) is 13.1. The van der Waals surface area contributed by atoms with Crippen LogP contribution < -0.4 is 9.47 Å². The molecule has 0 aliphatic carbocycles. The predicted molar refractivity (Wildman–Crippen MR) is 145 cm³/mol. The SMILES string of the molecule is C=CCCCCCc1ccc(C(=O)Oc2cnc(-c3ccc(OCCC[C@@H](C)CC)cc3)cn2)cc1. The summed E-state index contributed by atoms with van der Waals surface area (Å²) in [5, 5.41) is 0. The molecular weight excluding hydrogens is 448 g/mol. The summed E-state index contributed by atoms with van der Waals surface area (Å²) in [6, 6.07) is 15.4. The summed E-state index contributed by atoms with van der Waals surface area (Å²) in [5.41, 5.74) is 3.34. The molecule has 0 aliphatic heterocycles. The van der Waals surface area contributed by atoms with Gasteiger partial charge < -0.3 is 9.47 Å². The van der Waals surface area contributed by atoms with Crippen molar-refractivity contribution in [2.45, 2.75) is 65.2 Å². The van der Waals surface area contributed by atoms with E-state index in [1.54, 1.807) is 18.3 Å². The van der Waals surface area contributed by atoms with E-state index in [1.807, 2.05) is 42.5 Å². The molecule has 0 amide bonds. The monoisotopic (exact) mass is 486 g/mol. The first-order chi connectivity index (χ1) is 17.6. The number of carbonyl (C=O) groups excluding carboxylic acids is 1. The molecule has 0 N–H and O–H groups in total. The minimum Gasteiger partial charge on any atom is -0.494 e. The molecule has 0 saturated carbocycles. The van der Waals surface area contributed by atoms with Gasteiger partial charge in [0.05, 0.1) is 30.3 Å². The van der Waals surface area contributed by atoms with Crippen molar-refractivity contribution in [3.05, 3.63) is 84.7 Å². The fourth-order valence-corrected chi connectivity index (χ4v) is 3.82. The molecule has 3 aromatic rings. The standard InChI is InChI=1S/C31H38N2O3/c1-4-6-7-8-9-12-25-13-15-27(16-14-25)31(34)36-30-23-32-29(22-33-30)26-17-19-28(20-18-26)35-21-10-11-24(3)5-2/h4,13-20,22-24H,1,5-12,21H2,2-3H3/t24-/m0/s1. The van der Waals surface area contributed by atoms with Crippen molar-refractivity contribution in [1.29, 1.82) is 0 Å². The molecule has 0 fully saturated rings. The Bertz CT molecular complexity index is 1060. The summed E-state index contributed by atoms with van der Waals surface area (Å²) < 4.78 is 11.3. The largest absolute Gasteiger partial charge is 0.494 e. The van der Waals surface area contributed by atoms with E-state index in [-0.39, 0.29) is 5.88 Å². The Balaban J connectivity index is 1.46. The number of ether oxygens (including phenoxy) is 2. The molecule has 5 nitrogen and oxygen atoms in total. The highest BCUT2D eigenvalue weighted by atomic mass is 16.5. The van der Waals surface area contributed by atoms with Crippen LogP contribution in [0, 0.1) is 5.92 Å². The van der Waals surface area contributed by atoms with Crippen molar-refractivity contribution in [3.63, 3.8) is 0 Å². The normalized spacial score (nSPS) is 11.6. The zero-order valence-electron chi connectivity index (χ0n) is 21.6. The van der Waals surface area contributed by atoms with E-state index in [0.29, 0.717) is 11.3 Å². The average Bonchev–Trinajstić information content (AvgIpc) is 2.92. The van der Waals surface area contributed by atoms with E-state index in [4.69, 9.17) is 9.47 Å². The third-order valence-corrected chi connectivity index (χ3v) is 6.35. The van der Waals surface area contributed by atoms with E-state index in [0.717, 1.165) is 49.5 Å². The Morgan fingerprint density at radius 3 is 2.42 bits per heavy atom. The number of benzene rings is 2. The summed E-state index contributed by atoms with van der Waals surface area (Å²) in [4.78, 5) is 21.2. The van der Waals surface area contributed by atoms with Crippen molar-refractivity contribution >= 4 is 5.97 Å². The predicted octanol–water partition coefficient (Wildman–Crippen LogP) is 7.86. The highest BCUT2D eigenvalue weighted by molar-refractivity contribution is 5.90. The van der Waals surface area contributed by atoms with Crippen molar-refractivity contribution in [3.8, 4) is 22.9 Å². The summed E-state index contributed by atoms with van der Waals surface area (Å²) in [6.45, 7) is 8.97. The quantitative estimate of drug-likeness (QED) is 0.124. The Morgan fingerprint density at radius 2 is 1.75 bits per heavy atom. The molecule has 0 radical (unpaired) electrons. The van der Waals surface area contributed by atoms with E-state index in [1.165, 1.54) is 37.4 Å². The van der Waals surface area contributed by atoms with Crippen LogP contribution >= 0.6 is 0 Å². The Kier molecular flexibility index (Phi) is 11.2. The number of carbonyl (C=O) groups is 1. The molecule has 36 heavy (non-hydrogen) atoms. The number of rotatable bonds is 15. The van der Waals surface area contributed by atoms with Crippen LogP contribution in [-0.4, -0.2) is 22.5 Å². The van der Waals surface area contributed by atoms with Gasteiger partial charge in [0.25, 0.3) is 0 Å². The van der Waals surface area contributed by atoms with E-state index in [2.05, 4.69) is 30.4 Å². The summed E-state index contributed by atoms with van der Waals surface area (Å²) >= 11 is 0. The topological polar surface area (TPSA) is 61.3 Å². The lowest BCUT2D eigenvalue weighted by atomic mass is 10.0. The number of aryl methyl sites for hydroxylation is 1. The average molecular weight is 487 g/mol. The summed E-state index contributed by atoms with van der Waals surface area (Å²) in [7, 11) is 0. The molecule has 190 valence electrons. The number of nitrogens with zero attached hydrogens (tertiary/aromatic N) is 2.